The number of carboxylic acid groups (broad SMARTS) is 1. The van der Waals surface area contributed by atoms with Crippen molar-refractivity contribution in [2.75, 3.05) is 57.3 Å². The molecule has 0 bridgehead atoms. The highest BCUT2D eigenvalue weighted by Gasteiger charge is 2.20. The summed E-state index contributed by atoms with van der Waals surface area (Å²) in [4.78, 5) is 15.4. The molecule has 0 aromatic heterocycles. The van der Waals surface area contributed by atoms with E-state index >= 15 is 0 Å². The monoisotopic (exact) mass is 319 g/mol. The molecule has 1 aromatic carbocycles. The molecule has 23 heavy (non-hydrogen) atoms. The van der Waals surface area contributed by atoms with Crippen molar-refractivity contribution in [1.82, 2.24) is 10.2 Å². The number of fused-ring (bicyclic) bond motifs is 1. The summed E-state index contributed by atoms with van der Waals surface area (Å²) < 4.78 is 5.65. The lowest BCUT2D eigenvalue weighted by Crippen LogP contribution is -2.36. The van der Waals surface area contributed by atoms with Crippen LogP contribution >= 0.6 is 0 Å². The van der Waals surface area contributed by atoms with Crippen LogP contribution < -0.4 is 15.0 Å². The molecular formula is C17H25N3O3. The molecule has 0 amide bonds. The zero-order valence-electron chi connectivity index (χ0n) is 13.5. The van der Waals surface area contributed by atoms with E-state index in [4.69, 9.17) is 9.84 Å². The van der Waals surface area contributed by atoms with Crippen molar-refractivity contribution in [2.45, 2.75) is 12.8 Å². The van der Waals surface area contributed by atoms with Gasteiger partial charge in [0.15, 0.2) is 0 Å². The molecule has 2 aliphatic rings. The van der Waals surface area contributed by atoms with Crippen molar-refractivity contribution in [3.05, 3.63) is 23.8 Å². The zero-order chi connectivity index (χ0) is 16.1. The van der Waals surface area contributed by atoms with E-state index in [-0.39, 0.29) is 6.54 Å². The lowest BCUT2D eigenvalue weighted by Gasteiger charge is -2.30. The van der Waals surface area contributed by atoms with Gasteiger partial charge < -0.3 is 25.0 Å². The quantitative estimate of drug-likeness (QED) is 0.837. The number of aliphatic carboxylic acids is 1. The van der Waals surface area contributed by atoms with Crippen molar-refractivity contribution >= 4 is 11.7 Å². The molecule has 1 fully saturated rings. The molecular weight excluding hydrogens is 294 g/mol. The van der Waals surface area contributed by atoms with Crippen LogP contribution in [0.4, 0.5) is 5.69 Å². The number of hydrogen-bond donors (Lipinski definition) is 2. The third-order valence-electron chi connectivity index (χ3n) is 4.46. The van der Waals surface area contributed by atoms with Gasteiger partial charge >= 0.3 is 5.97 Å². The second kappa shape index (κ2) is 7.66. The van der Waals surface area contributed by atoms with Crippen molar-refractivity contribution in [3.63, 3.8) is 0 Å². The van der Waals surface area contributed by atoms with E-state index < -0.39 is 5.97 Å². The van der Waals surface area contributed by atoms with Crippen LogP contribution in [0.2, 0.25) is 0 Å². The zero-order valence-corrected chi connectivity index (χ0v) is 13.5. The van der Waals surface area contributed by atoms with Crippen LogP contribution in [0.1, 0.15) is 12.0 Å². The molecule has 0 saturated carbocycles. The van der Waals surface area contributed by atoms with Crippen LogP contribution in [0, 0.1) is 0 Å². The molecule has 0 atom stereocenters. The first-order valence-corrected chi connectivity index (χ1v) is 8.38. The molecule has 2 N–H and O–H groups in total. The number of rotatable bonds is 5. The minimum Gasteiger partial charge on any atom is -0.490 e. The van der Waals surface area contributed by atoms with Gasteiger partial charge in [0.25, 0.3) is 0 Å². The third kappa shape index (κ3) is 4.36. The fourth-order valence-electron chi connectivity index (χ4n) is 3.21. The van der Waals surface area contributed by atoms with Gasteiger partial charge in [0, 0.05) is 19.6 Å². The van der Waals surface area contributed by atoms with Gasteiger partial charge in [-0.3, -0.25) is 4.79 Å². The number of nitrogens with one attached hydrogen (secondary N) is 1. The molecule has 0 spiro atoms. The topological polar surface area (TPSA) is 65.0 Å². The number of ether oxygens (including phenoxy) is 1. The average Bonchev–Trinajstić information content (AvgIpc) is 2.81. The molecule has 2 heterocycles. The SMILES string of the molecule is O=C(O)CN1CCOc2ccc(CCN3CCCNCC3)cc21. The van der Waals surface area contributed by atoms with Crippen LogP contribution in [0.5, 0.6) is 5.75 Å². The lowest BCUT2D eigenvalue weighted by atomic mass is 10.1. The standard InChI is InChI=1S/C17H25N3O3/c21-17(22)13-20-10-11-23-16-3-2-14(12-15(16)20)4-8-19-7-1-5-18-6-9-19/h2-3,12,18H,1,4-11,13H2,(H,21,22). The maximum Gasteiger partial charge on any atom is 0.323 e. The van der Waals surface area contributed by atoms with E-state index in [0.29, 0.717) is 13.2 Å². The van der Waals surface area contributed by atoms with Crippen LogP contribution in [0.3, 0.4) is 0 Å². The fourth-order valence-corrected chi connectivity index (χ4v) is 3.21. The summed E-state index contributed by atoms with van der Waals surface area (Å²) in [5, 5.41) is 12.5. The number of nitrogens with zero attached hydrogens (tertiary/aromatic N) is 2. The Morgan fingerprint density at radius 3 is 3.04 bits per heavy atom. The normalized spacial score (nSPS) is 18.9. The number of carbonyl (C=O) groups is 1. The summed E-state index contributed by atoms with van der Waals surface area (Å²) in [6.07, 6.45) is 2.18. The Bertz CT molecular complexity index is 542. The van der Waals surface area contributed by atoms with Gasteiger partial charge in [-0.25, -0.2) is 0 Å². The van der Waals surface area contributed by atoms with E-state index in [9.17, 15) is 4.79 Å². The molecule has 126 valence electrons. The summed E-state index contributed by atoms with van der Waals surface area (Å²) >= 11 is 0. The van der Waals surface area contributed by atoms with Crippen LogP contribution in [0.15, 0.2) is 18.2 Å². The van der Waals surface area contributed by atoms with Gasteiger partial charge in [-0.2, -0.15) is 0 Å². The minimum atomic E-state index is -0.805. The first-order valence-electron chi connectivity index (χ1n) is 8.38. The first-order chi connectivity index (χ1) is 11.2. The molecule has 1 saturated heterocycles. The fraction of sp³-hybridized carbons (Fsp3) is 0.588. The maximum absolute atomic E-state index is 11.0. The smallest absolute Gasteiger partial charge is 0.323 e. The van der Waals surface area contributed by atoms with E-state index in [1.807, 2.05) is 11.0 Å². The Labute approximate surface area is 137 Å². The van der Waals surface area contributed by atoms with E-state index in [0.717, 1.165) is 50.6 Å². The van der Waals surface area contributed by atoms with Gasteiger partial charge in [0.1, 0.15) is 18.9 Å². The Kier molecular flexibility index (Phi) is 5.35. The molecule has 6 nitrogen and oxygen atoms in total. The first kappa shape index (κ1) is 16.1. The summed E-state index contributed by atoms with van der Waals surface area (Å²) in [5.74, 6) is -0.0134. The molecule has 3 rings (SSSR count). The number of benzene rings is 1. The highest BCUT2D eigenvalue weighted by Crippen LogP contribution is 2.32. The van der Waals surface area contributed by atoms with Crippen molar-refractivity contribution in [1.29, 1.82) is 0 Å². The number of anilines is 1. The van der Waals surface area contributed by atoms with Crippen molar-refractivity contribution < 1.29 is 14.6 Å². The van der Waals surface area contributed by atoms with E-state index in [1.54, 1.807) is 0 Å². The predicted octanol–water partition coefficient (Wildman–Crippen LogP) is 0.808. The van der Waals surface area contributed by atoms with Gasteiger partial charge in [-0.05, 0) is 43.6 Å². The molecule has 0 radical (unpaired) electrons. The lowest BCUT2D eigenvalue weighted by molar-refractivity contribution is -0.135. The predicted molar refractivity (Wildman–Crippen MR) is 89.4 cm³/mol. The summed E-state index contributed by atoms with van der Waals surface area (Å²) in [7, 11) is 0. The molecule has 0 aliphatic carbocycles. The Balaban J connectivity index is 1.65. The maximum atomic E-state index is 11.0. The van der Waals surface area contributed by atoms with E-state index in [1.165, 1.54) is 12.0 Å². The number of hydrogen-bond acceptors (Lipinski definition) is 5. The average molecular weight is 319 g/mol. The van der Waals surface area contributed by atoms with Crippen molar-refractivity contribution in [2.24, 2.45) is 0 Å². The third-order valence-corrected chi connectivity index (χ3v) is 4.46. The van der Waals surface area contributed by atoms with Gasteiger partial charge in [0.2, 0.25) is 0 Å². The summed E-state index contributed by atoms with van der Waals surface area (Å²) in [6.45, 7) is 6.64. The van der Waals surface area contributed by atoms with Crippen LogP contribution in [-0.2, 0) is 11.2 Å². The second-order valence-electron chi connectivity index (χ2n) is 6.16. The van der Waals surface area contributed by atoms with Gasteiger partial charge in [-0.15, -0.1) is 0 Å². The van der Waals surface area contributed by atoms with Crippen LogP contribution in [0.25, 0.3) is 0 Å². The molecule has 6 heteroatoms. The van der Waals surface area contributed by atoms with Gasteiger partial charge in [0.05, 0.1) is 12.2 Å². The minimum absolute atomic E-state index is 0.0254. The molecule has 2 aliphatic heterocycles. The summed E-state index contributed by atoms with van der Waals surface area (Å²) in [5.41, 5.74) is 2.15. The van der Waals surface area contributed by atoms with Gasteiger partial charge in [-0.1, -0.05) is 6.07 Å². The molecule has 0 unspecified atom stereocenters. The highest BCUT2D eigenvalue weighted by molar-refractivity contribution is 5.75. The summed E-state index contributed by atoms with van der Waals surface area (Å²) in [6, 6.07) is 6.16. The Morgan fingerprint density at radius 2 is 2.17 bits per heavy atom. The van der Waals surface area contributed by atoms with Crippen molar-refractivity contribution in [3.8, 4) is 5.75 Å². The Morgan fingerprint density at radius 1 is 1.26 bits per heavy atom. The second-order valence-corrected chi connectivity index (χ2v) is 6.16. The Hall–Kier alpha value is -1.79. The number of carboxylic acids is 1. The highest BCUT2D eigenvalue weighted by atomic mass is 16.5. The van der Waals surface area contributed by atoms with E-state index in [2.05, 4.69) is 22.3 Å². The van der Waals surface area contributed by atoms with Crippen LogP contribution in [-0.4, -0.2) is 68.4 Å². The largest absolute Gasteiger partial charge is 0.490 e. The molecule has 1 aromatic rings.